The van der Waals surface area contributed by atoms with Crippen LogP contribution in [0.15, 0.2) is 24.3 Å². The number of nitrogens with zero attached hydrogens (tertiary/aromatic N) is 2. The van der Waals surface area contributed by atoms with Crippen LogP contribution in [0.5, 0.6) is 0 Å². The molecule has 1 aromatic heterocycles. The Morgan fingerprint density at radius 1 is 1.28 bits per heavy atom. The number of aromatic nitrogens is 2. The Morgan fingerprint density at radius 2 is 1.94 bits per heavy atom. The van der Waals surface area contributed by atoms with Crippen LogP contribution >= 0.6 is 11.6 Å². The molecule has 2 aromatic rings. The number of hydrogen-bond donors (Lipinski definition) is 1. The van der Waals surface area contributed by atoms with E-state index in [1.165, 1.54) is 24.3 Å². The van der Waals surface area contributed by atoms with Crippen molar-refractivity contribution in [3.63, 3.8) is 0 Å². The van der Waals surface area contributed by atoms with Gasteiger partial charge in [-0.1, -0.05) is 11.6 Å². The quantitative estimate of drug-likeness (QED) is 0.684. The highest BCUT2D eigenvalue weighted by Gasteiger charge is 2.11. The highest BCUT2D eigenvalue weighted by atomic mass is 35.5. The van der Waals surface area contributed by atoms with Gasteiger partial charge in [0.1, 0.15) is 22.6 Å². The first-order valence-corrected chi connectivity index (χ1v) is 5.50. The molecule has 6 heteroatoms. The fourth-order valence-electron chi connectivity index (χ4n) is 1.42. The molecule has 0 bridgehead atoms. The molecule has 0 atom stereocenters. The number of halogens is 2. The second kappa shape index (κ2) is 5.10. The molecule has 1 aromatic carbocycles. The maximum absolute atomic E-state index is 12.8. The smallest absolute Gasteiger partial charge is 0.156 e. The first-order chi connectivity index (χ1) is 8.60. The van der Waals surface area contributed by atoms with E-state index in [1.807, 2.05) is 0 Å². The summed E-state index contributed by atoms with van der Waals surface area (Å²) in [7, 11) is 0. The Kier molecular flexibility index (Phi) is 3.53. The minimum Gasteiger partial charge on any atom is -0.339 e. The Labute approximate surface area is 108 Å². The zero-order chi connectivity index (χ0) is 13.1. The first-order valence-electron chi connectivity index (χ1n) is 5.12. The SMILES string of the molecule is Cc1nc(Cl)c(C=O)c(Nc2ccc(F)cc2)n1. The predicted molar refractivity (Wildman–Crippen MR) is 66.8 cm³/mol. The number of rotatable bonds is 3. The third-order valence-electron chi connectivity index (χ3n) is 2.24. The molecule has 0 amide bonds. The molecule has 0 saturated carbocycles. The van der Waals surface area contributed by atoms with Crippen molar-refractivity contribution >= 4 is 29.4 Å². The Morgan fingerprint density at radius 3 is 2.56 bits per heavy atom. The van der Waals surface area contributed by atoms with Crippen molar-refractivity contribution < 1.29 is 9.18 Å². The Hall–Kier alpha value is -2.01. The summed E-state index contributed by atoms with van der Waals surface area (Å²) in [5, 5.41) is 2.98. The average molecular weight is 266 g/mol. The van der Waals surface area contributed by atoms with Gasteiger partial charge in [0.2, 0.25) is 0 Å². The van der Waals surface area contributed by atoms with Crippen LogP contribution in [0.2, 0.25) is 5.15 Å². The van der Waals surface area contributed by atoms with Gasteiger partial charge in [-0.25, -0.2) is 14.4 Å². The molecule has 0 unspecified atom stereocenters. The molecule has 0 fully saturated rings. The summed E-state index contributed by atoms with van der Waals surface area (Å²) in [5.41, 5.74) is 0.778. The summed E-state index contributed by atoms with van der Waals surface area (Å²) in [4.78, 5) is 18.9. The van der Waals surface area contributed by atoms with Gasteiger partial charge in [-0.05, 0) is 31.2 Å². The third-order valence-corrected chi connectivity index (χ3v) is 2.52. The number of carbonyl (C=O) groups excluding carboxylic acids is 1. The van der Waals surface area contributed by atoms with Crippen molar-refractivity contribution in [3.8, 4) is 0 Å². The largest absolute Gasteiger partial charge is 0.339 e. The molecule has 0 saturated heterocycles. The van der Waals surface area contributed by atoms with E-state index in [-0.39, 0.29) is 16.5 Å². The number of anilines is 2. The van der Waals surface area contributed by atoms with E-state index < -0.39 is 0 Å². The van der Waals surface area contributed by atoms with Gasteiger partial charge in [-0.15, -0.1) is 0 Å². The second-order valence-corrected chi connectivity index (χ2v) is 3.93. The highest BCUT2D eigenvalue weighted by Crippen LogP contribution is 2.22. The van der Waals surface area contributed by atoms with Gasteiger partial charge < -0.3 is 5.32 Å². The summed E-state index contributed by atoms with van der Waals surface area (Å²) in [6, 6.07) is 5.68. The fraction of sp³-hybridized carbons (Fsp3) is 0.0833. The number of benzene rings is 1. The van der Waals surface area contributed by atoms with Crippen LogP contribution in [-0.4, -0.2) is 16.3 Å². The van der Waals surface area contributed by atoms with E-state index in [9.17, 15) is 9.18 Å². The van der Waals surface area contributed by atoms with Gasteiger partial charge in [-0.2, -0.15) is 0 Å². The molecule has 0 aliphatic heterocycles. The summed E-state index contributed by atoms with van der Waals surface area (Å²) in [6.07, 6.45) is 0.577. The standard InChI is InChI=1S/C12H9ClFN3O/c1-7-15-11(13)10(6-18)12(16-7)17-9-4-2-8(14)3-5-9/h2-6H,1H3,(H,15,16,17). The van der Waals surface area contributed by atoms with E-state index in [2.05, 4.69) is 15.3 Å². The van der Waals surface area contributed by atoms with Crippen molar-refractivity contribution in [2.24, 2.45) is 0 Å². The van der Waals surface area contributed by atoms with Gasteiger partial charge in [0, 0.05) is 5.69 Å². The molecule has 0 spiro atoms. The van der Waals surface area contributed by atoms with Gasteiger partial charge in [0.15, 0.2) is 6.29 Å². The lowest BCUT2D eigenvalue weighted by atomic mass is 10.3. The normalized spacial score (nSPS) is 10.2. The van der Waals surface area contributed by atoms with Crippen molar-refractivity contribution in [1.29, 1.82) is 0 Å². The molecule has 92 valence electrons. The van der Waals surface area contributed by atoms with Crippen LogP contribution in [0.3, 0.4) is 0 Å². The fourth-order valence-corrected chi connectivity index (χ4v) is 1.67. The van der Waals surface area contributed by atoms with Crippen LogP contribution in [-0.2, 0) is 0 Å². The second-order valence-electron chi connectivity index (χ2n) is 3.57. The van der Waals surface area contributed by atoms with Gasteiger partial charge in [0.25, 0.3) is 0 Å². The zero-order valence-corrected chi connectivity index (χ0v) is 10.2. The first kappa shape index (κ1) is 12.4. The minimum absolute atomic E-state index is 0.0853. The molecule has 18 heavy (non-hydrogen) atoms. The third kappa shape index (κ3) is 2.62. The van der Waals surface area contributed by atoms with E-state index in [0.717, 1.165) is 0 Å². The summed E-state index contributed by atoms with van der Waals surface area (Å²) in [5.74, 6) is 0.400. The van der Waals surface area contributed by atoms with Gasteiger partial charge >= 0.3 is 0 Å². The Balaban J connectivity index is 2.39. The molecule has 0 radical (unpaired) electrons. The average Bonchev–Trinajstić information content (AvgIpc) is 2.32. The van der Waals surface area contributed by atoms with Crippen LogP contribution in [0.1, 0.15) is 16.2 Å². The van der Waals surface area contributed by atoms with E-state index in [1.54, 1.807) is 6.92 Å². The molecule has 0 aliphatic carbocycles. The zero-order valence-electron chi connectivity index (χ0n) is 9.45. The van der Waals surface area contributed by atoms with Crippen molar-refractivity contribution in [2.75, 3.05) is 5.32 Å². The monoisotopic (exact) mass is 265 g/mol. The maximum atomic E-state index is 12.8. The maximum Gasteiger partial charge on any atom is 0.156 e. The molecular weight excluding hydrogens is 257 g/mol. The van der Waals surface area contributed by atoms with Gasteiger partial charge in [0.05, 0.1) is 5.56 Å². The van der Waals surface area contributed by atoms with E-state index >= 15 is 0 Å². The number of hydrogen-bond acceptors (Lipinski definition) is 4. The minimum atomic E-state index is -0.340. The van der Waals surface area contributed by atoms with Crippen LogP contribution in [0, 0.1) is 12.7 Å². The van der Waals surface area contributed by atoms with Crippen molar-refractivity contribution in [3.05, 3.63) is 46.6 Å². The number of nitrogens with one attached hydrogen (secondary N) is 1. The van der Waals surface area contributed by atoms with Gasteiger partial charge in [-0.3, -0.25) is 4.79 Å². The summed E-state index contributed by atoms with van der Waals surface area (Å²) < 4.78 is 12.8. The van der Waals surface area contributed by atoms with Crippen LogP contribution in [0.25, 0.3) is 0 Å². The van der Waals surface area contributed by atoms with Crippen LogP contribution < -0.4 is 5.32 Å². The van der Waals surface area contributed by atoms with E-state index in [4.69, 9.17) is 11.6 Å². The molecule has 1 N–H and O–H groups in total. The molecular formula is C12H9ClFN3O. The molecule has 1 heterocycles. The lowest BCUT2D eigenvalue weighted by Gasteiger charge is -2.09. The number of aldehydes is 1. The lowest BCUT2D eigenvalue weighted by Crippen LogP contribution is -2.03. The predicted octanol–water partition coefficient (Wildman–Crippen LogP) is 3.13. The molecule has 4 nitrogen and oxygen atoms in total. The highest BCUT2D eigenvalue weighted by molar-refractivity contribution is 6.32. The van der Waals surface area contributed by atoms with Crippen molar-refractivity contribution in [1.82, 2.24) is 9.97 Å². The van der Waals surface area contributed by atoms with Crippen molar-refractivity contribution in [2.45, 2.75) is 6.92 Å². The van der Waals surface area contributed by atoms with Crippen LogP contribution in [0.4, 0.5) is 15.9 Å². The summed E-state index contributed by atoms with van der Waals surface area (Å²) in [6.45, 7) is 1.66. The Bertz CT molecular complexity index is 587. The topological polar surface area (TPSA) is 54.9 Å². The number of carbonyl (C=O) groups is 1. The molecule has 0 aliphatic rings. The lowest BCUT2D eigenvalue weighted by molar-refractivity contribution is 0.112. The van der Waals surface area contributed by atoms with E-state index in [0.29, 0.717) is 23.6 Å². The summed E-state index contributed by atoms with van der Waals surface area (Å²) >= 11 is 5.84. The number of aryl methyl sites for hydroxylation is 1. The molecule has 2 rings (SSSR count).